The van der Waals surface area contributed by atoms with Crippen LogP contribution in [-0.2, 0) is 6.42 Å². The van der Waals surface area contributed by atoms with Gasteiger partial charge in [0.05, 0.1) is 0 Å². The maximum absolute atomic E-state index is 12.6. The lowest BCUT2D eigenvalue weighted by molar-refractivity contribution is 0.0982. The molecule has 0 atom stereocenters. The first-order valence-electron chi connectivity index (χ1n) is 9.58. The number of hydrogen-bond donors (Lipinski definition) is 0. The zero-order valence-electron chi connectivity index (χ0n) is 16.5. The molecule has 0 N–H and O–H groups in total. The number of aryl methyl sites for hydroxylation is 3. The second-order valence-electron chi connectivity index (χ2n) is 6.72. The second kappa shape index (κ2) is 10.1. The molecular weight excluding hydrogens is 322 g/mol. The zero-order chi connectivity index (χ0) is 18.9. The fourth-order valence-corrected chi connectivity index (χ4v) is 3.20. The van der Waals surface area contributed by atoms with Gasteiger partial charge in [0.2, 0.25) is 0 Å². The van der Waals surface area contributed by atoms with Gasteiger partial charge in [0, 0.05) is 18.5 Å². The maximum atomic E-state index is 12.6. The van der Waals surface area contributed by atoms with Crippen LogP contribution in [0.25, 0.3) is 0 Å². The van der Waals surface area contributed by atoms with Crippen molar-refractivity contribution in [3.8, 4) is 5.75 Å². The molecule has 0 bridgehead atoms. The minimum absolute atomic E-state index is 0.190. The molecule has 0 amide bonds. The Morgan fingerprint density at radius 2 is 1.62 bits per heavy atom. The Balaban J connectivity index is 1.97. The number of benzene rings is 2. The van der Waals surface area contributed by atoms with Crippen molar-refractivity contribution in [2.75, 3.05) is 26.2 Å². The molecule has 0 spiro atoms. The predicted octanol–water partition coefficient (Wildman–Crippen LogP) is 4.84. The molecule has 2 rings (SSSR count). The summed E-state index contributed by atoms with van der Waals surface area (Å²) in [4.78, 5) is 14.9. The molecule has 0 aliphatic rings. The average Bonchev–Trinajstić information content (AvgIpc) is 2.65. The Labute approximate surface area is 158 Å². The Morgan fingerprint density at radius 3 is 2.19 bits per heavy atom. The van der Waals surface area contributed by atoms with E-state index in [1.54, 1.807) is 0 Å². The summed E-state index contributed by atoms with van der Waals surface area (Å²) in [6.45, 7) is 12.0. The Morgan fingerprint density at radius 1 is 1.00 bits per heavy atom. The van der Waals surface area contributed by atoms with Gasteiger partial charge >= 0.3 is 0 Å². The molecular formula is C23H31NO2. The molecule has 3 heteroatoms. The summed E-state index contributed by atoms with van der Waals surface area (Å²) in [5.41, 5.74) is 4.05. The van der Waals surface area contributed by atoms with Gasteiger partial charge in [-0.2, -0.15) is 0 Å². The highest BCUT2D eigenvalue weighted by Crippen LogP contribution is 2.25. The van der Waals surface area contributed by atoms with Crippen LogP contribution in [0.1, 0.15) is 47.3 Å². The van der Waals surface area contributed by atoms with Crippen LogP contribution in [0.15, 0.2) is 42.5 Å². The molecule has 0 saturated carbocycles. The van der Waals surface area contributed by atoms with Gasteiger partial charge in [-0.1, -0.05) is 44.2 Å². The summed E-state index contributed by atoms with van der Waals surface area (Å²) in [5, 5.41) is 0. The van der Waals surface area contributed by atoms with E-state index in [1.165, 1.54) is 5.56 Å². The fourth-order valence-electron chi connectivity index (χ4n) is 3.20. The lowest BCUT2D eigenvalue weighted by Crippen LogP contribution is -2.28. The van der Waals surface area contributed by atoms with Gasteiger partial charge in [-0.15, -0.1) is 0 Å². The lowest BCUT2D eigenvalue weighted by Gasteiger charge is -2.19. The monoisotopic (exact) mass is 353 g/mol. The van der Waals surface area contributed by atoms with E-state index in [4.69, 9.17) is 4.74 Å². The van der Waals surface area contributed by atoms with E-state index in [-0.39, 0.29) is 5.78 Å². The molecule has 26 heavy (non-hydrogen) atoms. The quantitative estimate of drug-likeness (QED) is 0.573. The van der Waals surface area contributed by atoms with Crippen LogP contribution in [-0.4, -0.2) is 36.9 Å². The Hall–Kier alpha value is -2.13. The van der Waals surface area contributed by atoms with Crippen LogP contribution in [0.3, 0.4) is 0 Å². The number of nitrogens with zero attached hydrogens (tertiary/aromatic N) is 1. The third-order valence-corrected chi connectivity index (χ3v) is 4.81. The predicted molar refractivity (Wildman–Crippen MR) is 108 cm³/mol. The van der Waals surface area contributed by atoms with Crippen LogP contribution < -0.4 is 4.74 Å². The summed E-state index contributed by atoms with van der Waals surface area (Å²) in [6, 6.07) is 14.1. The molecule has 0 aliphatic heterocycles. The number of hydrogen-bond acceptors (Lipinski definition) is 3. The fraction of sp³-hybridized carbons (Fsp3) is 0.435. The highest BCUT2D eigenvalue weighted by molar-refractivity contribution is 5.96. The van der Waals surface area contributed by atoms with Crippen molar-refractivity contribution >= 4 is 5.78 Å². The summed E-state index contributed by atoms with van der Waals surface area (Å²) in [6.07, 6.45) is 1.31. The largest absolute Gasteiger partial charge is 0.492 e. The first-order chi connectivity index (χ1) is 12.5. The Bertz CT molecular complexity index is 682. The summed E-state index contributed by atoms with van der Waals surface area (Å²) in [7, 11) is 0. The number of ether oxygens (including phenoxy) is 1. The first kappa shape index (κ1) is 20.2. The minimum Gasteiger partial charge on any atom is -0.492 e. The number of rotatable bonds is 10. The number of Topliss-reactive ketones (excluding diaryl/α,β-unsaturated/α-hetero) is 1. The van der Waals surface area contributed by atoms with Crippen molar-refractivity contribution in [1.82, 2.24) is 4.90 Å². The van der Waals surface area contributed by atoms with Gasteiger partial charge in [0.25, 0.3) is 0 Å². The summed E-state index contributed by atoms with van der Waals surface area (Å²) in [5.74, 6) is 1.10. The summed E-state index contributed by atoms with van der Waals surface area (Å²) >= 11 is 0. The number of carbonyl (C=O) groups is 1. The van der Waals surface area contributed by atoms with Crippen molar-refractivity contribution < 1.29 is 9.53 Å². The lowest BCUT2D eigenvalue weighted by atomic mass is 9.99. The van der Waals surface area contributed by atoms with Gasteiger partial charge in [-0.05, 0) is 62.2 Å². The van der Waals surface area contributed by atoms with E-state index < -0.39 is 0 Å². The van der Waals surface area contributed by atoms with Crippen molar-refractivity contribution in [3.63, 3.8) is 0 Å². The third-order valence-electron chi connectivity index (χ3n) is 4.81. The van der Waals surface area contributed by atoms with Crippen LogP contribution in [0.2, 0.25) is 0 Å². The van der Waals surface area contributed by atoms with Crippen LogP contribution in [0.4, 0.5) is 0 Å². The molecule has 0 unspecified atom stereocenters. The SMILES string of the molecule is CCN(CC)CCOc1c(C)cc(C(=O)CCc2ccccc2)cc1C. The van der Waals surface area contributed by atoms with Crippen LogP contribution in [0.5, 0.6) is 5.75 Å². The Kier molecular flexibility index (Phi) is 7.86. The molecule has 2 aromatic carbocycles. The van der Waals surface area contributed by atoms with Crippen molar-refractivity contribution in [2.45, 2.75) is 40.5 Å². The topological polar surface area (TPSA) is 29.5 Å². The smallest absolute Gasteiger partial charge is 0.163 e. The van der Waals surface area contributed by atoms with Crippen LogP contribution >= 0.6 is 0 Å². The van der Waals surface area contributed by atoms with E-state index in [9.17, 15) is 4.79 Å². The van der Waals surface area contributed by atoms with Gasteiger partial charge in [0.1, 0.15) is 12.4 Å². The number of carbonyl (C=O) groups excluding carboxylic acids is 1. The van der Waals surface area contributed by atoms with Gasteiger partial charge < -0.3 is 9.64 Å². The second-order valence-corrected chi connectivity index (χ2v) is 6.72. The summed E-state index contributed by atoms with van der Waals surface area (Å²) < 4.78 is 6.01. The van der Waals surface area contributed by atoms with E-state index in [0.29, 0.717) is 13.0 Å². The molecule has 0 aliphatic carbocycles. The first-order valence-corrected chi connectivity index (χ1v) is 9.58. The van der Waals surface area contributed by atoms with E-state index >= 15 is 0 Å². The van der Waals surface area contributed by atoms with Crippen molar-refractivity contribution in [3.05, 3.63) is 64.7 Å². The number of likely N-dealkylation sites (N-methyl/N-ethyl adjacent to an activating group) is 1. The molecule has 0 aromatic heterocycles. The average molecular weight is 354 g/mol. The molecule has 0 radical (unpaired) electrons. The highest BCUT2D eigenvalue weighted by atomic mass is 16.5. The van der Waals surface area contributed by atoms with Crippen molar-refractivity contribution in [2.24, 2.45) is 0 Å². The standard InChI is InChI=1S/C23H31NO2/c1-5-24(6-2)14-15-26-23-18(3)16-21(17-19(23)4)22(25)13-12-20-10-8-7-9-11-20/h7-11,16-17H,5-6,12-15H2,1-4H3. The van der Waals surface area contributed by atoms with Gasteiger partial charge in [-0.3, -0.25) is 4.79 Å². The number of ketones is 1. The molecule has 140 valence electrons. The van der Waals surface area contributed by atoms with E-state index in [1.807, 2.05) is 44.2 Å². The van der Waals surface area contributed by atoms with Crippen LogP contribution in [0, 0.1) is 13.8 Å². The van der Waals surface area contributed by atoms with Crippen molar-refractivity contribution in [1.29, 1.82) is 0 Å². The van der Waals surface area contributed by atoms with E-state index in [2.05, 4.69) is 30.9 Å². The molecule has 2 aromatic rings. The van der Waals surface area contributed by atoms with E-state index in [0.717, 1.165) is 48.5 Å². The maximum Gasteiger partial charge on any atom is 0.163 e. The zero-order valence-corrected chi connectivity index (χ0v) is 16.5. The molecule has 0 heterocycles. The van der Waals surface area contributed by atoms with Gasteiger partial charge in [0.15, 0.2) is 5.78 Å². The van der Waals surface area contributed by atoms with Gasteiger partial charge in [-0.25, -0.2) is 0 Å². The molecule has 0 fully saturated rings. The normalized spacial score (nSPS) is 11.0. The third kappa shape index (κ3) is 5.70. The minimum atomic E-state index is 0.190. The molecule has 0 saturated heterocycles. The highest BCUT2D eigenvalue weighted by Gasteiger charge is 2.12. The molecule has 3 nitrogen and oxygen atoms in total.